The van der Waals surface area contributed by atoms with Crippen LogP contribution in [0, 0.1) is 0 Å². The molecule has 0 rings (SSSR count). The topological polar surface area (TPSA) is 9.23 Å². The second-order valence-corrected chi connectivity index (χ2v) is 2.59. The van der Waals surface area contributed by atoms with Gasteiger partial charge in [0, 0.05) is 0 Å². The summed E-state index contributed by atoms with van der Waals surface area (Å²) in [7, 11) is 0. The molecule has 2 atom stereocenters. The molecule has 0 saturated carbocycles. The van der Waals surface area contributed by atoms with Gasteiger partial charge in [-0.3, -0.25) is 0 Å². The molecule has 0 bridgehead atoms. The second-order valence-electron chi connectivity index (χ2n) is 1.83. The summed E-state index contributed by atoms with van der Waals surface area (Å²) in [4.78, 5) is 0. The maximum Gasteiger partial charge on any atom is 0.405 e. The number of hydrogen-bond acceptors (Lipinski definition) is 1. The SMILES string of the molecule is FC(Cl)C(F)(F)OC(F)(F)C(F)Cl. The van der Waals surface area contributed by atoms with Gasteiger partial charge in [0.05, 0.1) is 0 Å². The van der Waals surface area contributed by atoms with Crippen LogP contribution in [0.4, 0.5) is 26.3 Å². The molecule has 0 aromatic rings. The third kappa shape index (κ3) is 3.78. The average molecular weight is 251 g/mol. The fourth-order valence-electron chi connectivity index (χ4n) is 0.271. The molecule has 2 unspecified atom stereocenters. The lowest BCUT2D eigenvalue weighted by Crippen LogP contribution is -2.41. The van der Waals surface area contributed by atoms with Crippen LogP contribution >= 0.6 is 23.2 Å². The molecule has 0 aliphatic rings. The van der Waals surface area contributed by atoms with E-state index in [2.05, 4.69) is 27.9 Å². The van der Waals surface area contributed by atoms with Crippen LogP contribution in [-0.2, 0) is 4.74 Å². The van der Waals surface area contributed by atoms with Crippen molar-refractivity contribution in [1.82, 2.24) is 0 Å². The molecule has 0 radical (unpaired) electrons. The fourth-order valence-corrected chi connectivity index (χ4v) is 0.360. The zero-order valence-corrected chi connectivity index (χ0v) is 7.10. The summed E-state index contributed by atoms with van der Waals surface area (Å²) in [6, 6.07) is 0. The third-order valence-corrected chi connectivity index (χ3v) is 1.29. The van der Waals surface area contributed by atoms with Gasteiger partial charge >= 0.3 is 12.2 Å². The largest absolute Gasteiger partial charge is 0.405 e. The lowest BCUT2D eigenvalue weighted by molar-refractivity contribution is -0.390. The van der Waals surface area contributed by atoms with Gasteiger partial charge in [-0.05, 0) is 0 Å². The van der Waals surface area contributed by atoms with Crippen LogP contribution in [0.5, 0.6) is 0 Å². The van der Waals surface area contributed by atoms with Gasteiger partial charge in [0.25, 0.3) is 11.3 Å². The van der Waals surface area contributed by atoms with E-state index in [0.717, 1.165) is 0 Å². The molecule has 1 nitrogen and oxygen atoms in total. The first-order valence-electron chi connectivity index (χ1n) is 2.61. The summed E-state index contributed by atoms with van der Waals surface area (Å²) < 4.78 is 73.7. The average Bonchev–Trinajstić information content (AvgIpc) is 1.83. The minimum atomic E-state index is -5.01. The van der Waals surface area contributed by atoms with Crippen molar-refractivity contribution in [2.75, 3.05) is 0 Å². The highest BCUT2D eigenvalue weighted by Gasteiger charge is 2.53. The second kappa shape index (κ2) is 4.10. The number of hydrogen-bond donors (Lipinski definition) is 0. The van der Waals surface area contributed by atoms with E-state index in [1.807, 2.05) is 0 Å². The summed E-state index contributed by atoms with van der Waals surface area (Å²) in [5, 5.41) is 0. The van der Waals surface area contributed by atoms with Crippen LogP contribution in [0.25, 0.3) is 0 Å². The maximum atomic E-state index is 12.0. The number of ether oxygens (including phenoxy) is 1. The van der Waals surface area contributed by atoms with Crippen molar-refractivity contribution in [2.45, 2.75) is 23.5 Å². The molecule has 0 spiro atoms. The van der Waals surface area contributed by atoms with Crippen LogP contribution in [0.1, 0.15) is 0 Å². The van der Waals surface area contributed by atoms with Gasteiger partial charge in [0.15, 0.2) is 0 Å². The van der Waals surface area contributed by atoms with Crippen LogP contribution in [0.2, 0.25) is 0 Å². The van der Waals surface area contributed by atoms with E-state index in [9.17, 15) is 26.3 Å². The quantitative estimate of drug-likeness (QED) is 0.550. The monoisotopic (exact) mass is 250 g/mol. The predicted molar refractivity (Wildman–Crippen MR) is 32.5 cm³/mol. The lowest BCUT2D eigenvalue weighted by Gasteiger charge is -2.23. The first kappa shape index (κ1) is 13.1. The first-order valence-corrected chi connectivity index (χ1v) is 3.49. The molecule has 9 heteroatoms. The molecule has 13 heavy (non-hydrogen) atoms. The maximum absolute atomic E-state index is 12.0. The molecule has 0 aliphatic heterocycles. The molecule has 0 amide bonds. The minimum Gasteiger partial charge on any atom is -0.249 e. The Hall–Kier alpha value is 0.120. The Morgan fingerprint density at radius 3 is 1.23 bits per heavy atom. The molecule has 0 aliphatic carbocycles. The summed E-state index contributed by atoms with van der Waals surface area (Å²) in [5.41, 5.74) is -7.04. The smallest absolute Gasteiger partial charge is 0.249 e. The fraction of sp³-hybridized carbons (Fsp3) is 1.00. The summed E-state index contributed by atoms with van der Waals surface area (Å²) in [6.07, 6.45) is -10.0. The van der Waals surface area contributed by atoms with Gasteiger partial charge in [0.2, 0.25) is 0 Å². The normalized spacial score (nSPS) is 18.5. The molecule has 0 saturated heterocycles. The summed E-state index contributed by atoms with van der Waals surface area (Å²) in [5.74, 6) is 0. The van der Waals surface area contributed by atoms with Crippen molar-refractivity contribution in [1.29, 1.82) is 0 Å². The first-order chi connectivity index (χ1) is 5.59. The standard InChI is InChI=1S/C4H2Cl2F6O/c5-1(7)3(9,10)13-4(11,12)2(6)8/h1-2H. The highest BCUT2D eigenvalue weighted by molar-refractivity contribution is 6.20. The molecule has 0 aromatic carbocycles. The molecule has 0 heterocycles. The summed E-state index contributed by atoms with van der Waals surface area (Å²) >= 11 is 8.28. The van der Waals surface area contributed by atoms with E-state index >= 15 is 0 Å². The zero-order valence-electron chi connectivity index (χ0n) is 5.59. The minimum absolute atomic E-state index is 2.47. The Kier molecular flexibility index (Phi) is 4.14. The van der Waals surface area contributed by atoms with Crippen molar-refractivity contribution in [3.63, 3.8) is 0 Å². The van der Waals surface area contributed by atoms with Crippen molar-refractivity contribution in [3.05, 3.63) is 0 Å². The van der Waals surface area contributed by atoms with E-state index in [-0.39, 0.29) is 0 Å². The highest BCUT2D eigenvalue weighted by atomic mass is 35.5. The van der Waals surface area contributed by atoms with Gasteiger partial charge in [-0.15, -0.1) is 0 Å². The van der Waals surface area contributed by atoms with Crippen LogP contribution < -0.4 is 0 Å². The van der Waals surface area contributed by atoms with E-state index < -0.39 is 23.5 Å². The highest BCUT2D eigenvalue weighted by Crippen LogP contribution is 2.36. The van der Waals surface area contributed by atoms with Gasteiger partial charge < -0.3 is 0 Å². The van der Waals surface area contributed by atoms with E-state index in [1.165, 1.54) is 0 Å². The lowest BCUT2D eigenvalue weighted by atomic mass is 10.6. The Morgan fingerprint density at radius 1 is 0.846 bits per heavy atom. The Morgan fingerprint density at radius 2 is 1.08 bits per heavy atom. The number of halogens is 8. The molecule has 80 valence electrons. The van der Waals surface area contributed by atoms with Crippen LogP contribution in [-0.4, -0.2) is 23.5 Å². The molecule has 0 aromatic heterocycles. The van der Waals surface area contributed by atoms with Gasteiger partial charge in [-0.1, -0.05) is 23.2 Å². The van der Waals surface area contributed by atoms with Crippen molar-refractivity contribution in [2.24, 2.45) is 0 Å². The van der Waals surface area contributed by atoms with E-state index in [1.54, 1.807) is 0 Å². The Balaban J connectivity index is 4.42. The Bertz CT molecular complexity index is 154. The Labute approximate surface area is 78.5 Å². The molecule has 0 fully saturated rings. The van der Waals surface area contributed by atoms with Gasteiger partial charge in [-0.2, -0.15) is 17.6 Å². The number of alkyl halides is 8. The van der Waals surface area contributed by atoms with Gasteiger partial charge in [-0.25, -0.2) is 13.5 Å². The van der Waals surface area contributed by atoms with E-state index in [4.69, 9.17) is 0 Å². The van der Waals surface area contributed by atoms with Crippen molar-refractivity contribution >= 4 is 23.2 Å². The predicted octanol–water partition coefficient (Wildman–Crippen LogP) is 3.26. The van der Waals surface area contributed by atoms with Crippen molar-refractivity contribution in [3.8, 4) is 0 Å². The molecule has 0 N–H and O–H groups in total. The number of rotatable bonds is 4. The molecular formula is C4H2Cl2F6O. The van der Waals surface area contributed by atoms with Crippen LogP contribution in [0.15, 0.2) is 0 Å². The van der Waals surface area contributed by atoms with Gasteiger partial charge in [0.1, 0.15) is 0 Å². The summed E-state index contributed by atoms with van der Waals surface area (Å²) in [6.45, 7) is 0. The molecular weight excluding hydrogens is 249 g/mol. The van der Waals surface area contributed by atoms with E-state index in [0.29, 0.717) is 0 Å². The van der Waals surface area contributed by atoms with Crippen LogP contribution in [0.3, 0.4) is 0 Å². The zero-order chi connectivity index (χ0) is 10.9. The van der Waals surface area contributed by atoms with Crippen molar-refractivity contribution < 1.29 is 31.1 Å². The third-order valence-electron chi connectivity index (χ3n) is 0.780.